The largest absolute Gasteiger partial charge is 0.466 e. The number of esters is 1. The highest BCUT2D eigenvalue weighted by atomic mass is 16.5. The maximum atomic E-state index is 11.1. The van der Waals surface area contributed by atoms with Crippen molar-refractivity contribution < 1.29 is 9.53 Å². The van der Waals surface area contributed by atoms with Gasteiger partial charge in [-0.25, -0.2) is 4.79 Å². The van der Waals surface area contributed by atoms with E-state index >= 15 is 0 Å². The third-order valence-corrected chi connectivity index (χ3v) is 1.94. The van der Waals surface area contributed by atoms with E-state index in [0.717, 1.165) is 5.57 Å². The number of ether oxygens (including phenoxy) is 1. The van der Waals surface area contributed by atoms with E-state index in [-0.39, 0.29) is 5.97 Å². The number of methoxy groups -OCH3 is 1. The van der Waals surface area contributed by atoms with Gasteiger partial charge in [-0.2, -0.15) is 0 Å². The van der Waals surface area contributed by atoms with Crippen LogP contribution in [0.15, 0.2) is 22.9 Å². The second kappa shape index (κ2) is 3.81. The fraction of sp³-hybridized carbons (Fsp3) is 0.300. The van der Waals surface area contributed by atoms with Gasteiger partial charge in [0.2, 0.25) is 0 Å². The molecule has 0 atom stereocenters. The van der Waals surface area contributed by atoms with Gasteiger partial charge in [0.05, 0.1) is 7.11 Å². The van der Waals surface area contributed by atoms with Crippen LogP contribution in [0.3, 0.4) is 0 Å². The highest BCUT2D eigenvalue weighted by Gasteiger charge is 2.15. The van der Waals surface area contributed by atoms with E-state index in [1.165, 1.54) is 7.11 Å². The summed E-state index contributed by atoms with van der Waals surface area (Å²) in [5.41, 5.74) is 7.46. The molecule has 2 N–H and O–H groups in total. The molecule has 0 aliphatic heterocycles. The first-order chi connectivity index (χ1) is 6.19. The predicted octanol–water partition coefficient (Wildman–Crippen LogP) is 0.726. The zero-order chi connectivity index (χ0) is 9.84. The quantitative estimate of drug-likeness (QED) is 0.474. The first kappa shape index (κ1) is 9.40. The van der Waals surface area contributed by atoms with Crippen molar-refractivity contribution in [2.45, 2.75) is 12.8 Å². The van der Waals surface area contributed by atoms with Crippen LogP contribution < -0.4 is 5.73 Å². The maximum Gasteiger partial charge on any atom is 0.333 e. The van der Waals surface area contributed by atoms with Crippen LogP contribution >= 0.6 is 0 Å². The third-order valence-electron chi connectivity index (χ3n) is 1.94. The van der Waals surface area contributed by atoms with Crippen LogP contribution in [0.2, 0.25) is 0 Å². The van der Waals surface area contributed by atoms with E-state index in [1.807, 2.05) is 0 Å². The zero-order valence-electron chi connectivity index (χ0n) is 7.46. The van der Waals surface area contributed by atoms with E-state index in [2.05, 4.69) is 10.7 Å². The van der Waals surface area contributed by atoms with Crippen LogP contribution in [-0.2, 0) is 9.53 Å². The van der Waals surface area contributed by atoms with Gasteiger partial charge >= 0.3 is 5.97 Å². The number of allylic oxidation sites excluding steroid dienone is 2. The zero-order valence-corrected chi connectivity index (χ0v) is 7.46. The molecule has 1 aliphatic rings. The molecule has 0 amide bonds. The molecule has 1 rings (SSSR count). The number of hydrogen-bond acceptors (Lipinski definition) is 3. The molecule has 3 heteroatoms. The molecule has 0 aromatic rings. The van der Waals surface area contributed by atoms with Crippen molar-refractivity contribution in [1.82, 2.24) is 0 Å². The van der Waals surface area contributed by atoms with Crippen molar-refractivity contribution in [3.05, 3.63) is 22.9 Å². The summed E-state index contributed by atoms with van der Waals surface area (Å²) in [6.07, 6.45) is 8.05. The molecule has 0 saturated carbocycles. The molecule has 13 heavy (non-hydrogen) atoms. The van der Waals surface area contributed by atoms with Crippen LogP contribution in [0.25, 0.3) is 0 Å². The van der Waals surface area contributed by atoms with E-state index in [1.54, 1.807) is 6.08 Å². The summed E-state index contributed by atoms with van der Waals surface area (Å²) >= 11 is 0. The smallest absolute Gasteiger partial charge is 0.333 e. The molecule has 1 aliphatic carbocycles. The number of carbonyl (C=O) groups is 1. The van der Waals surface area contributed by atoms with Crippen molar-refractivity contribution >= 4 is 5.97 Å². The fourth-order valence-corrected chi connectivity index (χ4v) is 1.20. The normalized spacial score (nSPS) is 16.2. The first-order valence-corrected chi connectivity index (χ1v) is 3.93. The Balaban J connectivity index is 2.92. The maximum absolute atomic E-state index is 11.1. The van der Waals surface area contributed by atoms with Crippen LogP contribution in [0.1, 0.15) is 12.8 Å². The topological polar surface area (TPSA) is 52.3 Å². The second-order valence-corrected chi connectivity index (χ2v) is 2.74. The van der Waals surface area contributed by atoms with Crippen LogP contribution in [0, 0.1) is 12.3 Å². The monoisotopic (exact) mass is 177 g/mol. The van der Waals surface area contributed by atoms with Crippen molar-refractivity contribution in [3.8, 4) is 12.3 Å². The molecule has 0 aromatic heterocycles. The first-order valence-electron chi connectivity index (χ1n) is 3.93. The molecule has 0 aromatic carbocycles. The minimum atomic E-state index is -0.334. The Labute approximate surface area is 77.3 Å². The summed E-state index contributed by atoms with van der Waals surface area (Å²) in [7, 11) is 1.35. The van der Waals surface area contributed by atoms with Gasteiger partial charge in [0, 0.05) is 16.8 Å². The Morgan fingerprint density at radius 2 is 2.38 bits per heavy atom. The minimum Gasteiger partial charge on any atom is -0.466 e. The summed E-state index contributed by atoms with van der Waals surface area (Å²) < 4.78 is 4.57. The summed E-state index contributed by atoms with van der Waals surface area (Å²) in [6.45, 7) is 0. The van der Waals surface area contributed by atoms with Crippen LogP contribution in [0.5, 0.6) is 0 Å². The van der Waals surface area contributed by atoms with Gasteiger partial charge in [0.15, 0.2) is 0 Å². The van der Waals surface area contributed by atoms with Crippen molar-refractivity contribution in [2.24, 2.45) is 5.73 Å². The van der Waals surface area contributed by atoms with Gasteiger partial charge in [0.25, 0.3) is 0 Å². The number of rotatable bonds is 1. The van der Waals surface area contributed by atoms with E-state index in [0.29, 0.717) is 24.1 Å². The van der Waals surface area contributed by atoms with Gasteiger partial charge in [-0.1, -0.05) is 5.92 Å². The number of hydrogen-bond donors (Lipinski definition) is 1. The van der Waals surface area contributed by atoms with Crippen molar-refractivity contribution in [2.75, 3.05) is 7.11 Å². The molecular weight excluding hydrogens is 166 g/mol. The average molecular weight is 177 g/mol. The molecule has 0 heterocycles. The SMILES string of the molecule is C#CC1=C(N)C=C(C(=O)OC)CC1. The molecule has 68 valence electrons. The van der Waals surface area contributed by atoms with E-state index in [4.69, 9.17) is 12.2 Å². The Morgan fingerprint density at radius 3 is 2.85 bits per heavy atom. The fourth-order valence-electron chi connectivity index (χ4n) is 1.20. The third kappa shape index (κ3) is 1.91. The highest BCUT2D eigenvalue weighted by molar-refractivity contribution is 5.89. The lowest BCUT2D eigenvalue weighted by Crippen LogP contribution is -2.12. The van der Waals surface area contributed by atoms with Gasteiger partial charge in [-0.3, -0.25) is 0 Å². The van der Waals surface area contributed by atoms with E-state index in [9.17, 15) is 4.79 Å². The van der Waals surface area contributed by atoms with E-state index < -0.39 is 0 Å². The number of carbonyl (C=O) groups excluding carboxylic acids is 1. The number of terminal acetylenes is 1. The van der Waals surface area contributed by atoms with Crippen LogP contribution in [-0.4, -0.2) is 13.1 Å². The minimum absolute atomic E-state index is 0.334. The standard InChI is InChI=1S/C10H11NO2/c1-3-7-4-5-8(6-9(7)11)10(12)13-2/h1,6H,4-5,11H2,2H3. The summed E-state index contributed by atoms with van der Waals surface area (Å²) in [6, 6.07) is 0. The average Bonchev–Trinajstić information content (AvgIpc) is 2.16. The predicted molar refractivity (Wildman–Crippen MR) is 49.4 cm³/mol. The molecule has 0 unspecified atom stereocenters. The molecule has 0 spiro atoms. The van der Waals surface area contributed by atoms with Crippen LogP contribution in [0.4, 0.5) is 0 Å². The Kier molecular flexibility index (Phi) is 2.76. The molecular formula is C10H11NO2. The lowest BCUT2D eigenvalue weighted by molar-refractivity contribution is -0.136. The Morgan fingerprint density at radius 1 is 1.69 bits per heavy atom. The number of nitrogens with two attached hydrogens (primary N) is 1. The Bertz CT molecular complexity index is 331. The Hall–Kier alpha value is -1.69. The summed E-state index contributed by atoms with van der Waals surface area (Å²) in [4.78, 5) is 11.1. The molecule has 0 fully saturated rings. The molecule has 0 saturated heterocycles. The summed E-state index contributed by atoms with van der Waals surface area (Å²) in [5.74, 6) is 2.15. The molecule has 0 radical (unpaired) electrons. The van der Waals surface area contributed by atoms with Gasteiger partial charge in [-0.05, 0) is 18.9 Å². The highest BCUT2D eigenvalue weighted by Crippen LogP contribution is 2.21. The second-order valence-electron chi connectivity index (χ2n) is 2.74. The van der Waals surface area contributed by atoms with Gasteiger partial charge < -0.3 is 10.5 Å². The lowest BCUT2D eigenvalue weighted by Gasteiger charge is -2.12. The van der Waals surface area contributed by atoms with Crippen molar-refractivity contribution in [3.63, 3.8) is 0 Å². The molecule has 0 bridgehead atoms. The lowest BCUT2D eigenvalue weighted by atomic mass is 9.97. The summed E-state index contributed by atoms with van der Waals surface area (Å²) in [5, 5.41) is 0. The molecule has 3 nitrogen and oxygen atoms in total. The van der Waals surface area contributed by atoms with Gasteiger partial charge in [-0.15, -0.1) is 6.42 Å². The van der Waals surface area contributed by atoms with Gasteiger partial charge in [0.1, 0.15) is 0 Å². The van der Waals surface area contributed by atoms with Crippen molar-refractivity contribution in [1.29, 1.82) is 0 Å².